The van der Waals surface area contributed by atoms with Gasteiger partial charge in [0.15, 0.2) is 11.5 Å². The average molecular weight is 372 g/mol. The highest BCUT2D eigenvalue weighted by Crippen LogP contribution is 2.28. The molecular formula is C20H24N2O5. The molecule has 0 saturated heterocycles. The highest BCUT2D eigenvalue weighted by atomic mass is 16.6. The van der Waals surface area contributed by atoms with Crippen LogP contribution in [0.4, 0.5) is 5.69 Å². The van der Waals surface area contributed by atoms with Gasteiger partial charge in [-0.05, 0) is 50.5 Å². The monoisotopic (exact) mass is 372 g/mol. The second-order valence-corrected chi connectivity index (χ2v) is 5.91. The van der Waals surface area contributed by atoms with Gasteiger partial charge in [0.1, 0.15) is 0 Å². The van der Waals surface area contributed by atoms with Gasteiger partial charge in [-0.3, -0.25) is 14.9 Å². The number of nitro benzene ring substituents is 1. The molecule has 0 aliphatic carbocycles. The molecule has 0 radical (unpaired) electrons. The number of aryl methyl sites for hydroxylation is 1. The lowest BCUT2D eigenvalue weighted by Crippen LogP contribution is -2.26. The summed E-state index contributed by atoms with van der Waals surface area (Å²) in [5.74, 6) is 1.05. The van der Waals surface area contributed by atoms with Crippen LogP contribution in [0.2, 0.25) is 0 Å². The maximum atomic E-state index is 12.4. The van der Waals surface area contributed by atoms with Gasteiger partial charge in [-0.1, -0.05) is 12.1 Å². The van der Waals surface area contributed by atoms with E-state index in [1.807, 2.05) is 32.0 Å². The van der Waals surface area contributed by atoms with Gasteiger partial charge in [0.25, 0.3) is 11.6 Å². The fraction of sp³-hybridized carbons (Fsp3) is 0.350. The molecule has 0 aliphatic heterocycles. The normalized spacial score (nSPS) is 10.3. The van der Waals surface area contributed by atoms with Crippen molar-refractivity contribution in [2.45, 2.75) is 27.2 Å². The zero-order valence-electron chi connectivity index (χ0n) is 15.8. The number of ether oxygens (including phenoxy) is 2. The number of carbonyl (C=O) groups is 1. The van der Waals surface area contributed by atoms with Gasteiger partial charge in [0.05, 0.1) is 18.1 Å². The van der Waals surface area contributed by atoms with Crippen LogP contribution >= 0.6 is 0 Å². The lowest BCUT2D eigenvalue weighted by atomic mass is 10.1. The van der Waals surface area contributed by atoms with Crippen molar-refractivity contribution in [2.24, 2.45) is 0 Å². The number of nitro groups is 1. The zero-order valence-corrected chi connectivity index (χ0v) is 15.8. The highest BCUT2D eigenvalue weighted by Gasteiger charge is 2.14. The van der Waals surface area contributed by atoms with E-state index in [1.165, 1.54) is 12.1 Å². The third-order valence-corrected chi connectivity index (χ3v) is 3.98. The Balaban J connectivity index is 2.01. The molecule has 7 heteroatoms. The summed E-state index contributed by atoms with van der Waals surface area (Å²) in [6, 6.07) is 9.96. The van der Waals surface area contributed by atoms with Gasteiger partial charge in [-0.15, -0.1) is 0 Å². The van der Waals surface area contributed by atoms with E-state index in [0.717, 1.165) is 5.56 Å². The summed E-state index contributed by atoms with van der Waals surface area (Å²) in [5.41, 5.74) is 1.90. The third kappa shape index (κ3) is 5.44. The van der Waals surface area contributed by atoms with Crippen LogP contribution in [0.25, 0.3) is 0 Å². The van der Waals surface area contributed by atoms with E-state index in [0.29, 0.717) is 48.8 Å². The van der Waals surface area contributed by atoms with E-state index in [2.05, 4.69) is 5.32 Å². The Kier molecular flexibility index (Phi) is 7.16. The SMILES string of the molecule is CCOc1ccc(CCNC(=O)c2cc([N+](=O)[O-])ccc2C)cc1OCC. The highest BCUT2D eigenvalue weighted by molar-refractivity contribution is 5.96. The average Bonchev–Trinajstić information content (AvgIpc) is 2.64. The van der Waals surface area contributed by atoms with E-state index >= 15 is 0 Å². The van der Waals surface area contributed by atoms with Gasteiger partial charge in [-0.25, -0.2) is 0 Å². The Labute approximate surface area is 158 Å². The van der Waals surface area contributed by atoms with Crippen LogP contribution in [0.3, 0.4) is 0 Å². The molecule has 0 aliphatic rings. The van der Waals surface area contributed by atoms with Crippen LogP contribution in [0.15, 0.2) is 36.4 Å². The van der Waals surface area contributed by atoms with E-state index in [-0.39, 0.29) is 11.6 Å². The molecule has 0 unspecified atom stereocenters. The van der Waals surface area contributed by atoms with Crippen molar-refractivity contribution in [2.75, 3.05) is 19.8 Å². The van der Waals surface area contributed by atoms with Gasteiger partial charge in [-0.2, -0.15) is 0 Å². The molecule has 27 heavy (non-hydrogen) atoms. The van der Waals surface area contributed by atoms with Crippen LogP contribution in [0, 0.1) is 17.0 Å². The maximum absolute atomic E-state index is 12.4. The molecule has 0 fully saturated rings. The van der Waals surface area contributed by atoms with Crippen LogP contribution < -0.4 is 14.8 Å². The summed E-state index contributed by atoms with van der Waals surface area (Å²) >= 11 is 0. The Hall–Kier alpha value is -3.09. The number of amides is 1. The molecule has 0 spiro atoms. The second kappa shape index (κ2) is 9.56. The second-order valence-electron chi connectivity index (χ2n) is 5.91. The van der Waals surface area contributed by atoms with Crippen LogP contribution in [0.1, 0.15) is 35.3 Å². The van der Waals surface area contributed by atoms with E-state index < -0.39 is 4.92 Å². The topological polar surface area (TPSA) is 90.7 Å². The molecule has 2 rings (SSSR count). The number of nitrogens with one attached hydrogen (secondary N) is 1. The van der Waals surface area contributed by atoms with Crippen LogP contribution in [-0.2, 0) is 6.42 Å². The first-order chi connectivity index (χ1) is 13.0. The van der Waals surface area contributed by atoms with Crippen LogP contribution in [0.5, 0.6) is 11.5 Å². The zero-order chi connectivity index (χ0) is 19.8. The van der Waals surface area contributed by atoms with Gasteiger partial charge in [0, 0.05) is 24.2 Å². The molecule has 2 aromatic carbocycles. The van der Waals surface area contributed by atoms with Crippen molar-refractivity contribution >= 4 is 11.6 Å². The van der Waals surface area contributed by atoms with Gasteiger partial charge in [0.2, 0.25) is 0 Å². The molecule has 0 saturated carbocycles. The fourth-order valence-electron chi connectivity index (χ4n) is 2.63. The summed E-state index contributed by atoms with van der Waals surface area (Å²) in [5, 5.41) is 13.7. The number of benzene rings is 2. The van der Waals surface area contributed by atoms with Gasteiger partial charge < -0.3 is 14.8 Å². The number of carbonyl (C=O) groups excluding carboxylic acids is 1. The van der Waals surface area contributed by atoms with Crippen LogP contribution in [-0.4, -0.2) is 30.6 Å². The molecule has 1 N–H and O–H groups in total. The first kappa shape index (κ1) is 20.2. The quantitative estimate of drug-likeness (QED) is 0.536. The first-order valence-corrected chi connectivity index (χ1v) is 8.88. The summed E-state index contributed by atoms with van der Waals surface area (Å²) in [6.07, 6.45) is 0.603. The molecule has 0 aromatic heterocycles. The minimum Gasteiger partial charge on any atom is -0.490 e. The fourth-order valence-corrected chi connectivity index (χ4v) is 2.63. The summed E-state index contributed by atoms with van der Waals surface area (Å²) in [6.45, 7) is 7.06. The number of hydrogen-bond donors (Lipinski definition) is 1. The summed E-state index contributed by atoms with van der Waals surface area (Å²) in [4.78, 5) is 22.7. The molecule has 0 atom stereocenters. The van der Waals surface area contributed by atoms with Crippen molar-refractivity contribution in [3.05, 3.63) is 63.2 Å². The summed E-state index contributed by atoms with van der Waals surface area (Å²) in [7, 11) is 0. The molecule has 0 heterocycles. The molecule has 2 aromatic rings. The lowest BCUT2D eigenvalue weighted by molar-refractivity contribution is -0.384. The standard InChI is InChI=1S/C20H24N2O5/c1-4-26-18-9-7-15(12-19(18)27-5-2)10-11-21-20(23)17-13-16(22(24)25)8-6-14(17)3/h6-9,12-13H,4-5,10-11H2,1-3H3,(H,21,23). The lowest BCUT2D eigenvalue weighted by Gasteiger charge is -2.13. The number of non-ortho nitro benzene ring substituents is 1. The van der Waals surface area contributed by atoms with Gasteiger partial charge >= 0.3 is 0 Å². The number of rotatable bonds is 9. The van der Waals surface area contributed by atoms with Crippen molar-refractivity contribution < 1.29 is 19.2 Å². The third-order valence-electron chi connectivity index (χ3n) is 3.98. The Morgan fingerprint density at radius 2 is 1.78 bits per heavy atom. The van der Waals surface area contributed by atoms with Crippen molar-refractivity contribution in [1.82, 2.24) is 5.32 Å². The van der Waals surface area contributed by atoms with E-state index in [9.17, 15) is 14.9 Å². The smallest absolute Gasteiger partial charge is 0.270 e. The Bertz CT molecular complexity index is 820. The number of hydrogen-bond acceptors (Lipinski definition) is 5. The Morgan fingerprint density at radius 3 is 2.44 bits per heavy atom. The van der Waals surface area contributed by atoms with E-state index in [1.54, 1.807) is 13.0 Å². The maximum Gasteiger partial charge on any atom is 0.270 e. The minimum atomic E-state index is -0.509. The molecule has 144 valence electrons. The number of nitrogens with zero attached hydrogens (tertiary/aromatic N) is 1. The van der Waals surface area contributed by atoms with Crippen molar-refractivity contribution in [3.63, 3.8) is 0 Å². The molecule has 0 bridgehead atoms. The van der Waals surface area contributed by atoms with E-state index in [4.69, 9.17) is 9.47 Å². The largest absolute Gasteiger partial charge is 0.490 e. The first-order valence-electron chi connectivity index (χ1n) is 8.88. The predicted octanol–water partition coefficient (Wildman–Crippen LogP) is 3.67. The molecule has 7 nitrogen and oxygen atoms in total. The Morgan fingerprint density at radius 1 is 1.07 bits per heavy atom. The minimum absolute atomic E-state index is 0.0985. The molecular weight excluding hydrogens is 348 g/mol. The molecule has 1 amide bonds. The summed E-state index contributed by atoms with van der Waals surface area (Å²) < 4.78 is 11.1. The predicted molar refractivity (Wildman–Crippen MR) is 103 cm³/mol. The van der Waals surface area contributed by atoms with Crippen molar-refractivity contribution in [1.29, 1.82) is 0 Å². The van der Waals surface area contributed by atoms with Crippen molar-refractivity contribution in [3.8, 4) is 11.5 Å².